The lowest BCUT2D eigenvalue weighted by molar-refractivity contribution is 0.637. The van der Waals surface area contributed by atoms with Gasteiger partial charge in [-0.15, -0.1) is 0 Å². The van der Waals surface area contributed by atoms with Crippen molar-refractivity contribution < 1.29 is 0 Å². The summed E-state index contributed by atoms with van der Waals surface area (Å²) in [6, 6.07) is 15.5. The predicted octanol–water partition coefficient (Wildman–Crippen LogP) is 3.82. The Morgan fingerprint density at radius 1 is 0.944 bits per heavy atom. The van der Waals surface area contributed by atoms with Crippen LogP contribution in [0, 0.1) is 0 Å². The maximum atomic E-state index is 4.53. The molecule has 0 bridgehead atoms. The topological polar surface area (TPSA) is 12.4 Å². The van der Waals surface area contributed by atoms with Crippen LogP contribution < -0.4 is 0 Å². The van der Waals surface area contributed by atoms with E-state index in [1.807, 2.05) is 6.21 Å². The molecule has 1 atom stereocenters. The average molecular weight is 233 g/mol. The number of rotatable bonds is 0. The van der Waals surface area contributed by atoms with Crippen LogP contribution in [0.15, 0.2) is 47.5 Å². The normalized spacial score (nSPS) is 19.9. The molecular formula is C17H15N. The minimum absolute atomic E-state index is 0.605. The van der Waals surface area contributed by atoms with E-state index in [0.29, 0.717) is 5.92 Å². The van der Waals surface area contributed by atoms with Crippen molar-refractivity contribution in [2.24, 2.45) is 4.99 Å². The first-order chi connectivity index (χ1) is 8.93. The smallest absolute Gasteiger partial charge is 0.0458 e. The van der Waals surface area contributed by atoms with Crippen LogP contribution in [0.4, 0.5) is 0 Å². The highest BCUT2D eigenvalue weighted by atomic mass is 14.7. The molecule has 1 aliphatic carbocycles. The molecule has 88 valence electrons. The number of hydrogen-bond acceptors (Lipinski definition) is 1. The van der Waals surface area contributed by atoms with Gasteiger partial charge in [-0.05, 0) is 40.7 Å². The van der Waals surface area contributed by atoms with E-state index in [4.69, 9.17) is 0 Å². The van der Waals surface area contributed by atoms with E-state index >= 15 is 0 Å². The van der Waals surface area contributed by atoms with Gasteiger partial charge in [0.2, 0.25) is 0 Å². The summed E-state index contributed by atoms with van der Waals surface area (Å²) >= 11 is 0. The zero-order valence-corrected chi connectivity index (χ0v) is 10.3. The van der Waals surface area contributed by atoms with Crippen LogP contribution in [0.3, 0.4) is 0 Å². The number of benzene rings is 2. The number of fused-ring (bicyclic) bond motifs is 2. The number of nitrogens with zero attached hydrogens (tertiary/aromatic N) is 1. The zero-order chi connectivity index (χ0) is 11.9. The van der Waals surface area contributed by atoms with Crippen LogP contribution in [-0.2, 0) is 6.42 Å². The van der Waals surface area contributed by atoms with Crippen molar-refractivity contribution in [1.82, 2.24) is 0 Å². The second-order valence-corrected chi connectivity index (χ2v) is 5.20. The van der Waals surface area contributed by atoms with E-state index in [2.05, 4.69) is 47.5 Å². The summed E-state index contributed by atoms with van der Waals surface area (Å²) in [5.41, 5.74) is 7.18. The molecule has 1 nitrogen and oxygen atoms in total. The highest BCUT2D eigenvalue weighted by molar-refractivity contribution is 5.88. The van der Waals surface area contributed by atoms with Crippen LogP contribution >= 0.6 is 0 Å². The van der Waals surface area contributed by atoms with Gasteiger partial charge in [-0.1, -0.05) is 42.5 Å². The molecule has 2 aromatic carbocycles. The molecule has 4 rings (SSSR count). The summed E-state index contributed by atoms with van der Waals surface area (Å²) in [6.07, 6.45) is 4.44. The average Bonchev–Trinajstić information content (AvgIpc) is 2.60. The van der Waals surface area contributed by atoms with Crippen molar-refractivity contribution in [3.63, 3.8) is 0 Å². The molecule has 0 spiro atoms. The first-order valence-electron chi connectivity index (χ1n) is 6.64. The monoisotopic (exact) mass is 233 g/mol. The van der Waals surface area contributed by atoms with E-state index in [1.54, 1.807) is 0 Å². The van der Waals surface area contributed by atoms with Gasteiger partial charge in [-0.2, -0.15) is 0 Å². The third kappa shape index (κ3) is 1.37. The molecule has 0 aromatic heterocycles. The summed E-state index contributed by atoms with van der Waals surface area (Å²) in [5, 5.41) is 0. The first-order valence-corrected chi connectivity index (χ1v) is 6.64. The van der Waals surface area contributed by atoms with E-state index in [9.17, 15) is 0 Å². The third-order valence-corrected chi connectivity index (χ3v) is 4.17. The first kappa shape index (κ1) is 10.1. The molecule has 0 saturated carbocycles. The SMILES string of the molecule is C1=NC[C@H]2CCc3ccccc3-c3cccc1c32. The summed E-state index contributed by atoms with van der Waals surface area (Å²) in [4.78, 5) is 4.53. The Morgan fingerprint density at radius 2 is 1.83 bits per heavy atom. The van der Waals surface area contributed by atoms with Gasteiger partial charge < -0.3 is 0 Å². The second-order valence-electron chi connectivity index (χ2n) is 5.20. The maximum Gasteiger partial charge on any atom is 0.0458 e. The van der Waals surface area contributed by atoms with Gasteiger partial charge in [0.05, 0.1) is 0 Å². The van der Waals surface area contributed by atoms with Crippen LogP contribution in [0.2, 0.25) is 0 Å². The Morgan fingerprint density at radius 3 is 2.83 bits per heavy atom. The fraction of sp³-hybridized carbons (Fsp3) is 0.235. The van der Waals surface area contributed by atoms with Gasteiger partial charge in [0.15, 0.2) is 0 Å². The maximum absolute atomic E-state index is 4.53. The van der Waals surface area contributed by atoms with Crippen molar-refractivity contribution in [3.05, 3.63) is 59.2 Å². The Kier molecular flexibility index (Phi) is 2.13. The fourth-order valence-corrected chi connectivity index (χ4v) is 3.32. The lowest BCUT2D eigenvalue weighted by Gasteiger charge is -2.21. The highest BCUT2D eigenvalue weighted by Gasteiger charge is 2.25. The van der Waals surface area contributed by atoms with E-state index in [1.165, 1.54) is 40.7 Å². The molecule has 1 aliphatic heterocycles. The number of aliphatic imine (C=N–C) groups is 1. The molecule has 18 heavy (non-hydrogen) atoms. The van der Waals surface area contributed by atoms with E-state index in [0.717, 1.165) is 6.54 Å². The molecule has 1 heteroatoms. The zero-order valence-electron chi connectivity index (χ0n) is 10.3. The van der Waals surface area contributed by atoms with Crippen molar-refractivity contribution in [3.8, 4) is 11.1 Å². The van der Waals surface area contributed by atoms with E-state index in [-0.39, 0.29) is 0 Å². The fourth-order valence-electron chi connectivity index (χ4n) is 3.32. The summed E-state index contributed by atoms with van der Waals surface area (Å²) in [7, 11) is 0. The minimum atomic E-state index is 0.605. The van der Waals surface area contributed by atoms with Crippen LogP contribution in [0.25, 0.3) is 11.1 Å². The standard InChI is InChI=1S/C17H15N/c1-2-6-15-12(4-1)8-9-14-11-18-10-13-5-3-7-16(15)17(13)14/h1-7,10,14H,8-9,11H2/t14-/m1/s1. The van der Waals surface area contributed by atoms with Crippen molar-refractivity contribution in [2.75, 3.05) is 6.54 Å². The van der Waals surface area contributed by atoms with Gasteiger partial charge in [0.1, 0.15) is 0 Å². The van der Waals surface area contributed by atoms with Crippen molar-refractivity contribution in [1.29, 1.82) is 0 Å². The van der Waals surface area contributed by atoms with Gasteiger partial charge in [0.25, 0.3) is 0 Å². The van der Waals surface area contributed by atoms with Gasteiger partial charge >= 0.3 is 0 Å². The molecule has 2 aromatic rings. The minimum Gasteiger partial charge on any atom is -0.292 e. The molecule has 2 aliphatic rings. The third-order valence-electron chi connectivity index (χ3n) is 4.17. The van der Waals surface area contributed by atoms with Gasteiger partial charge in [-0.3, -0.25) is 4.99 Å². The number of hydrogen-bond donors (Lipinski definition) is 0. The van der Waals surface area contributed by atoms with E-state index < -0.39 is 0 Å². The summed E-state index contributed by atoms with van der Waals surface area (Å²) in [5.74, 6) is 0.605. The Hall–Kier alpha value is -1.89. The lowest BCUT2D eigenvalue weighted by atomic mass is 9.86. The Bertz CT molecular complexity index is 640. The highest BCUT2D eigenvalue weighted by Crippen LogP contribution is 2.40. The van der Waals surface area contributed by atoms with Gasteiger partial charge in [-0.25, -0.2) is 0 Å². The molecule has 0 radical (unpaired) electrons. The molecule has 0 unspecified atom stereocenters. The Balaban J connectivity index is 2.06. The number of aryl methyl sites for hydroxylation is 1. The quantitative estimate of drug-likeness (QED) is 0.656. The van der Waals surface area contributed by atoms with Gasteiger partial charge in [0, 0.05) is 18.7 Å². The van der Waals surface area contributed by atoms with Crippen LogP contribution in [0.1, 0.15) is 29.0 Å². The predicted molar refractivity (Wildman–Crippen MR) is 75.4 cm³/mol. The largest absolute Gasteiger partial charge is 0.292 e. The molecule has 0 amide bonds. The molecule has 0 saturated heterocycles. The molecular weight excluding hydrogens is 218 g/mol. The van der Waals surface area contributed by atoms with Crippen LogP contribution in [0.5, 0.6) is 0 Å². The second kappa shape index (κ2) is 3.81. The van der Waals surface area contributed by atoms with Crippen molar-refractivity contribution in [2.45, 2.75) is 18.8 Å². The van der Waals surface area contributed by atoms with Crippen LogP contribution in [-0.4, -0.2) is 12.8 Å². The Labute approximate surface area is 107 Å². The molecule has 0 fully saturated rings. The van der Waals surface area contributed by atoms with Crippen molar-refractivity contribution >= 4 is 6.21 Å². The molecule has 1 heterocycles. The summed E-state index contributed by atoms with van der Waals surface area (Å²) < 4.78 is 0. The molecule has 0 N–H and O–H groups in total. The summed E-state index contributed by atoms with van der Waals surface area (Å²) in [6.45, 7) is 0.956. The lowest BCUT2D eigenvalue weighted by Crippen LogP contribution is -2.11.